The fourth-order valence-corrected chi connectivity index (χ4v) is 3.50. The minimum absolute atomic E-state index is 0.0308. The minimum Gasteiger partial charge on any atom is -0.486 e. The maximum atomic E-state index is 13.2. The second kappa shape index (κ2) is 7.14. The lowest BCUT2D eigenvalue weighted by Crippen LogP contribution is -2.40. The van der Waals surface area contributed by atoms with E-state index < -0.39 is 40.5 Å². The standard InChI is InChI=1S/C18H17FO6S/c1-11-2-5-13(6-3-11)26(22,23)24-10-16(21)18-9-15(20)14-8-12(19)4-7-17(14)25-18/h2-8,16,18,21H,9-10H2,1H3/t16-,18+/m1/s1. The minimum atomic E-state index is -4.04. The predicted molar refractivity (Wildman–Crippen MR) is 90.1 cm³/mol. The molecule has 2 aromatic carbocycles. The van der Waals surface area contributed by atoms with Gasteiger partial charge in [-0.3, -0.25) is 8.98 Å². The Bertz CT molecular complexity index is 923. The quantitative estimate of drug-likeness (QED) is 0.800. The zero-order valence-corrected chi connectivity index (χ0v) is 14.7. The van der Waals surface area contributed by atoms with Crippen LogP contribution in [0.3, 0.4) is 0 Å². The lowest BCUT2D eigenvalue weighted by molar-refractivity contribution is 0.000495. The molecule has 0 unspecified atom stereocenters. The van der Waals surface area contributed by atoms with Gasteiger partial charge in [0.15, 0.2) is 5.78 Å². The Morgan fingerprint density at radius 3 is 2.65 bits per heavy atom. The van der Waals surface area contributed by atoms with Crippen LogP contribution in [0, 0.1) is 12.7 Å². The van der Waals surface area contributed by atoms with Crippen molar-refractivity contribution in [1.82, 2.24) is 0 Å². The van der Waals surface area contributed by atoms with Gasteiger partial charge in [-0.05, 0) is 37.3 Å². The Morgan fingerprint density at radius 2 is 1.96 bits per heavy atom. The summed E-state index contributed by atoms with van der Waals surface area (Å²) in [6.45, 7) is 1.26. The number of Topliss-reactive ketones (excluding diaryl/α,β-unsaturated/α-hetero) is 1. The number of ether oxygens (including phenoxy) is 1. The van der Waals surface area contributed by atoms with Crippen LogP contribution in [-0.4, -0.2) is 38.1 Å². The molecule has 0 saturated carbocycles. The van der Waals surface area contributed by atoms with Crippen LogP contribution >= 0.6 is 0 Å². The number of fused-ring (bicyclic) bond motifs is 1. The molecule has 26 heavy (non-hydrogen) atoms. The Morgan fingerprint density at radius 1 is 1.27 bits per heavy atom. The number of aliphatic hydroxyl groups is 1. The molecule has 1 N–H and O–H groups in total. The van der Waals surface area contributed by atoms with Gasteiger partial charge in [-0.1, -0.05) is 17.7 Å². The van der Waals surface area contributed by atoms with Crippen molar-refractivity contribution in [1.29, 1.82) is 0 Å². The molecule has 0 radical (unpaired) electrons. The number of hydrogen-bond acceptors (Lipinski definition) is 6. The highest BCUT2D eigenvalue weighted by Crippen LogP contribution is 2.29. The second-order valence-electron chi connectivity index (χ2n) is 6.04. The van der Waals surface area contributed by atoms with Gasteiger partial charge in [-0.15, -0.1) is 0 Å². The zero-order valence-electron chi connectivity index (χ0n) is 13.9. The smallest absolute Gasteiger partial charge is 0.297 e. The summed E-state index contributed by atoms with van der Waals surface area (Å²) in [7, 11) is -4.04. The summed E-state index contributed by atoms with van der Waals surface area (Å²) in [6.07, 6.45) is -2.53. The van der Waals surface area contributed by atoms with Crippen molar-refractivity contribution in [3.63, 3.8) is 0 Å². The van der Waals surface area contributed by atoms with Crippen molar-refractivity contribution in [3.05, 3.63) is 59.4 Å². The Balaban J connectivity index is 1.67. The zero-order chi connectivity index (χ0) is 18.9. The first kappa shape index (κ1) is 18.5. The maximum Gasteiger partial charge on any atom is 0.297 e. The van der Waals surface area contributed by atoms with Crippen molar-refractivity contribution >= 4 is 15.9 Å². The van der Waals surface area contributed by atoms with Crippen LogP contribution in [-0.2, 0) is 14.3 Å². The van der Waals surface area contributed by atoms with E-state index in [1.807, 2.05) is 6.92 Å². The van der Waals surface area contributed by atoms with Gasteiger partial charge in [0.2, 0.25) is 0 Å². The number of rotatable bonds is 5. The van der Waals surface area contributed by atoms with E-state index in [1.54, 1.807) is 12.1 Å². The first-order valence-corrected chi connectivity index (χ1v) is 9.30. The normalized spacial score (nSPS) is 18.1. The molecule has 1 aliphatic rings. The second-order valence-corrected chi connectivity index (χ2v) is 7.66. The molecule has 0 spiro atoms. The van der Waals surface area contributed by atoms with Gasteiger partial charge in [-0.2, -0.15) is 8.42 Å². The summed E-state index contributed by atoms with van der Waals surface area (Å²) in [6, 6.07) is 9.57. The van der Waals surface area contributed by atoms with Gasteiger partial charge in [-0.25, -0.2) is 4.39 Å². The Hall–Kier alpha value is -2.29. The topological polar surface area (TPSA) is 89.9 Å². The molecule has 0 fully saturated rings. The molecule has 8 heteroatoms. The largest absolute Gasteiger partial charge is 0.486 e. The van der Waals surface area contributed by atoms with Crippen molar-refractivity contribution in [2.75, 3.05) is 6.61 Å². The third-order valence-corrected chi connectivity index (χ3v) is 5.34. The molecule has 2 aromatic rings. The average Bonchev–Trinajstić information content (AvgIpc) is 2.60. The molecular weight excluding hydrogens is 363 g/mol. The lowest BCUT2D eigenvalue weighted by atomic mass is 9.98. The molecule has 1 heterocycles. The van der Waals surface area contributed by atoms with Crippen LogP contribution in [0.25, 0.3) is 0 Å². The van der Waals surface area contributed by atoms with Crippen molar-refractivity contribution in [2.24, 2.45) is 0 Å². The Kier molecular flexibility index (Phi) is 5.08. The van der Waals surface area contributed by atoms with E-state index in [0.717, 1.165) is 17.7 Å². The van der Waals surface area contributed by atoms with E-state index in [4.69, 9.17) is 8.92 Å². The Labute approximate surface area is 150 Å². The summed E-state index contributed by atoms with van der Waals surface area (Å²) in [4.78, 5) is 12.1. The predicted octanol–water partition coefficient (Wildman–Crippen LogP) is 2.23. The van der Waals surface area contributed by atoms with Crippen molar-refractivity contribution in [3.8, 4) is 5.75 Å². The van der Waals surface area contributed by atoms with Gasteiger partial charge < -0.3 is 9.84 Å². The highest BCUT2D eigenvalue weighted by atomic mass is 32.2. The SMILES string of the molecule is Cc1ccc(S(=O)(=O)OC[C@@H](O)[C@@H]2CC(=O)c3cc(F)ccc3O2)cc1. The molecule has 0 saturated heterocycles. The third-order valence-electron chi connectivity index (χ3n) is 4.04. The third kappa shape index (κ3) is 3.92. The van der Waals surface area contributed by atoms with E-state index >= 15 is 0 Å². The van der Waals surface area contributed by atoms with Crippen LogP contribution in [0.1, 0.15) is 22.3 Å². The summed E-state index contributed by atoms with van der Waals surface area (Å²) in [5.74, 6) is -0.809. The summed E-state index contributed by atoms with van der Waals surface area (Å²) in [5.41, 5.74) is 0.995. The molecular formula is C18H17FO6S. The van der Waals surface area contributed by atoms with Crippen molar-refractivity contribution < 1.29 is 31.6 Å². The molecule has 138 valence electrons. The number of ketones is 1. The number of aryl methyl sites for hydroxylation is 1. The van der Waals surface area contributed by atoms with Gasteiger partial charge in [0.25, 0.3) is 10.1 Å². The first-order valence-electron chi connectivity index (χ1n) is 7.90. The molecule has 6 nitrogen and oxygen atoms in total. The molecule has 1 aliphatic heterocycles. The summed E-state index contributed by atoms with van der Waals surface area (Å²) in [5, 5.41) is 10.2. The van der Waals surface area contributed by atoms with E-state index in [1.165, 1.54) is 18.2 Å². The van der Waals surface area contributed by atoms with E-state index in [0.29, 0.717) is 0 Å². The number of carbonyl (C=O) groups excluding carboxylic acids is 1. The number of halogens is 1. The van der Waals surface area contributed by atoms with E-state index in [2.05, 4.69) is 0 Å². The van der Waals surface area contributed by atoms with E-state index in [9.17, 15) is 22.7 Å². The maximum absolute atomic E-state index is 13.2. The summed E-state index contributed by atoms with van der Waals surface area (Å²) < 4.78 is 47.9. The van der Waals surface area contributed by atoms with Crippen molar-refractivity contribution in [2.45, 2.75) is 30.4 Å². The molecule has 0 bridgehead atoms. The number of hydrogen-bond donors (Lipinski definition) is 1. The monoisotopic (exact) mass is 380 g/mol. The lowest BCUT2D eigenvalue weighted by Gasteiger charge is -2.28. The molecule has 0 aromatic heterocycles. The first-order chi connectivity index (χ1) is 12.3. The molecule has 3 rings (SSSR count). The van der Waals surface area contributed by atoms with Crippen LogP contribution in [0.4, 0.5) is 4.39 Å². The fourth-order valence-electron chi connectivity index (χ4n) is 2.57. The molecule has 2 atom stereocenters. The highest BCUT2D eigenvalue weighted by Gasteiger charge is 2.33. The average molecular weight is 380 g/mol. The molecule has 0 aliphatic carbocycles. The van der Waals surface area contributed by atoms with Crippen LogP contribution in [0.15, 0.2) is 47.4 Å². The number of benzene rings is 2. The van der Waals surface area contributed by atoms with Gasteiger partial charge >= 0.3 is 0 Å². The van der Waals surface area contributed by atoms with E-state index in [-0.39, 0.29) is 22.6 Å². The van der Waals surface area contributed by atoms with Crippen LogP contribution in [0.5, 0.6) is 5.75 Å². The molecule has 0 amide bonds. The van der Waals surface area contributed by atoms with Gasteiger partial charge in [0.1, 0.15) is 23.8 Å². The van der Waals surface area contributed by atoms with Crippen LogP contribution in [0.2, 0.25) is 0 Å². The highest BCUT2D eigenvalue weighted by molar-refractivity contribution is 7.86. The number of carbonyl (C=O) groups is 1. The van der Waals surface area contributed by atoms with Gasteiger partial charge in [0.05, 0.1) is 23.5 Å². The van der Waals surface area contributed by atoms with Gasteiger partial charge in [0, 0.05) is 0 Å². The van der Waals surface area contributed by atoms with Crippen LogP contribution < -0.4 is 4.74 Å². The summed E-state index contributed by atoms with van der Waals surface area (Å²) >= 11 is 0. The number of aliphatic hydroxyl groups excluding tert-OH is 1. The fraction of sp³-hybridized carbons (Fsp3) is 0.278.